The van der Waals surface area contributed by atoms with Gasteiger partial charge in [0, 0.05) is 18.0 Å². The van der Waals surface area contributed by atoms with E-state index < -0.39 is 0 Å². The van der Waals surface area contributed by atoms with Gasteiger partial charge in [-0.05, 0) is 30.7 Å². The topological polar surface area (TPSA) is 64.6 Å². The summed E-state index contributed by atoms with van der Waals surface area (Å²) in [5.41, 5.74) is 0. The fraction of sp³-hybridized carbons (Fsp3) is 0.429. The highest BCUT2D eigenvalue weighted by atomic mass is 35.5. The van der Waals surface area contributed by atoms with Crippen molar-refractivity contribution in [3.63, 3.8) is 0 Å². The molecule has 0 fully saturated rings. The van der Waals surface area contributed by atoms with Gasteiger partial charge in [-0.2, -0.15) is 0 Å². The normalized spacial score (nSPS) is 9.90. The first-order valence-electron chi connectivity index (χ1n) is 6.33. The van der Waals surface area contributed by atoms with Gasteiger partial charge in [0.15, 0.2) is 0 Å². The van der Waals surface area contributed by atoms with Crippen molar-refractivity contribution in [3.8, 4) is 5.75 Å². The quantitative estimate of drug-likeness (QED) is 0.590. The number of esters is 1. The van der Waals surface area contributed by atoms with Crippen LogP contribution in [-0.2, 0) is 14.3 Å². The molecule has 0 aliphatic carbocycles. The minimum Gasteiger partial charge on any atom is -0.494 e. The molecule has 6 heteroatoms. The zero-order valence-corrected chi connectivity index (χ0v) is 12.1. The molecule has 0 saturated carbocycles. The van der Waals surface area contributed by atoms with E-state index in [1.807, 2.05) is 0 Å². The molecule has 1 N–H and O–H groups in total. The summed E-state index contributed by atoms with van der Waals surface area (Å²) in [7, 11) is 1.32. The summed E-state index contributed by atoms with van der Waals surface area (Å²) in [6, 6.07) is 7.05. The van der Waals surface area contributed by atoms with Crippen LogP contribution in [0.1, 0.15) is 19.3 Å². The van der Waals surface area contributed by atoms with Crippen molar-refractivity contribution < 1.29 is 19.1 Å². The molecule has 0 bridgehead atoms. The minimum atomic E-state index is -0.337. The van der Waals surface area contributed by atoms with E-state index in [2.05, 4.69) is 10.1 Å². The molecule has 0 radical (unpaired) electrons. The number of ether oxygens (including phenoxy) is 2. The minimum absolute atomic E-state index is 0.103. The summed E-state index contributed by atoms with van der Waals surface area (Å²) in [6.45, 7) is 0.746. The van der Waals surface area contributed by atoms with E-state index in [4.69, 9.17) is 16.3 Å². The van der Waals surface area contributed by atoms with Crippen LogP contribution in [-0.4, -0.2) is 32.1 Å². The highest BCUT2D eigenvalue weighted by Crippen LogP contribution is 2.15. The van der Waals surface area contributed by atoms with E-state index in [1.165, 1.54) is 7.11 Å². The van der Waals surface area contributed by atoms with Gasteiger partial charge in [0.2, 0.25) is 5.91 Å². The summed E-state index contributed by atoms with van der Waals surface area (Å²) < 4.78 is 9.93. The van der Waals surface area contributed by atoms with Crippen molar-refractivity contribution in [2.75, 3.05) is 20.3 Å². The maximum Gasteiger partial charge on any atom is 0.307 e. The van der Waals surface area contributed by atoms with E-state index in [-0.39, 0.29) is 18.3 Å². The molecule has 110 valence electrons. The second kappa shape index (κ2) is 9.20. The second-order valence-electron chi connectivity index (χ2n) is 4.08. The van der Waals surface area contributed by atoms with Crippen molar-refractivity contribution in [2.45, 2.75) is 19.3 Å². The lowest BCUT2D eigenvalue weighted by Crippen LogP contribution is -2.26. The summed E-state index contributed by atoms with van der Waals surface area (Å²) in [5, 5.41) is 3.30. The van der Waals surface area contributed by atoms with Gasteiger partial charge in [0.25, 0.3) is 0 Å². The number of amides is 1. The average molecular weight is 300 g/mol. The number of halogens is 1. The van der Waals surface area contributed by atoms with Crippen molar-refractivity contribution in [1.82, 2.24) is 5.32 Å². The van der Waals surface area contributed by atoms with Gasteiger partial charge in [-0.25, -0.2) is 0 Å². The number of benzene rings is 1. The maximum atomic E-state index is 11.4. The Morgan fingerprint density at radius 3 is 2.55 bits per heavy atom. The van der Waals surface area contributed by atoms with Gasteiger partial charge in [0.05, 0.1) is 20.1 Å². The number of hydrogen-bond acceptors (Lipinski definition) is 4. The molecular weight excluding hydrogens is 282 g/mol. The third kappa shape index (κ3) is 6.99. The molecule has 0 heterocycles. The predicted octanol–water partition coefficient (Wildman–Crippen LogP) is 2.18. The molecule has 1 aromatic rings. The van der Waals surface area contributed by atoms with Crippen LogP contribution in [0.15, 0.2) is 24.3 Å². The first kappa shape index (κ1) is 16.3. The van der Waals surface area contributed by atoms with E-state index in [0.29, 0.717) is 31.0 Å². The molecule has 0 aromatic heterocycles. The Labute approximate surface area is 123 Å². The number of methoxy groups -OCH3 is 1. The Hall–Kier alpha value is -1.75. The van der Waals surface area contributed by atoms with Crippen molar-refractivity contribution in [2.24, 2.45) is 0 Å². The largest absolute Gasteiger partial charge is 0.494 e. The highest BCUT2D eigenvalue weighted by molar-refractivity contribution is 6.30. The van der Waals surface area contributed by atoms with Gasteiger partial charge in [0.1, 0.15) is 5.75 Å². The van der Waals surface area contributed by atoms with Gasteiger partial charge in [-0.1, -0.05) is 11.6 Å². The van der Waals surface area contributed by atoms with Crippen molar-refractivity contribution in [3.05, 3.63) is 29.3 Å². The SMILES string of the molecule is COC(=O)CCNC(=O)CCCOc1ccc(Cl)cc1. The van der Waals surface area contributed by atoms with Crippen LogP contribution in [0.25, 0.3) is 0 Å². The third-order valence-corrected chi connectivity index (χ3v) is 2.76. The van der Waals surface area contributed by atoms with Crippen LogP contribution in [0.4, 0.5) is 0 Å². The number of rotatable bonds is 8. The smallest absolute Gasteiger partial charge is 0.307 e. The zero-order valence-electron chi connectivity index (χ0n) is 11.4. The molecule has 0 spiro atoms. The fourth-order valence-corrected chi connectivity index (χ4v) is 1.57. The average Bonchev–Trinajstić information content (AvgIpc) is 2.45. The highest BCUT2D eigenvalue weighted by Gasteiger charge is 2.04. The Morgan fingerprint density at radius 1 is 1.20 bits per heavy atom. The molecule has 0 atom stereocenters. The van der Waals surface area contributed by atoms with Crippen molar-refractivity contribution >= 4 is 23.5 Å². The van der Waals surface area contributed by atoms with Crippen LogP contribution in [0.3, 0.4) is 0 Å². The van der Waals surface area contributed by atoms with Gasteiger partial charge in [-0.3, -0.25) is 9.59 Å². The number of carbonyl (C=O) groups excluding carboxylic acids is 2. The maximum absolute atomic E-state index is 11.4. The van der Waals surface area contributed by atoms with E-state index in [1.54, 1.807) is 24.3 Å². The van der Waals surface area contributed by atoms with Crippen LogP contribution in [0.5, 0.6) is 5.75 Å². The Bertz CT molecular complexity index is 433. The third-order valence-electron chi connectivity index (χ3n) is 2.51. The lowest BCUT2D eigenvalue weighted by atomic mass is 10.3. The molecule has 5 nitrogen and oxygen atoms in total. The molecule has 1 aromatic carbocycles. The van der Waals surface area contributed by atoms with E-state index in [9.17, 15) is 9.59 Å². The second-order valence-corrected chi connectivity index (χ2v) is 4.52. The van der Waals surface area contributed by atoms with Gasteiger partial charge < -0.3 is 14.8 Å². The lowest BCUT2D eigenvalue weighted by Gasteiger charge is -2.07. The van der Waals surface area contributed by atoms with E-state index >= 15 is 0 Å². The van der Waals surface area contributed by atoms with Crippen LogP contribution in [0, 0.1) is 0 Å². The summed E-state index contributed by atoms with van der Waals surface area (Å²) in [4.78, 5) is 22.3. The molecule has 1 amide bonds. The summed E-state index contributed by atoms with van der Waals surface area (Å²) >= 11 is 5.75. The van der Waals surface area contributed by atoms with E-state index in [0.717, 1.165) is 5.75 Å². The molecule has 20 heavy (non-hydrogen) atoms. The number of nitrogens with one attached hydrogen (secondary N) is 1. The summed E-state index contributed by atoms with van der Waals surface area (Å²) in [6.07, 6.45) is 1.14. The van der Waals surface area contributed by atoms with Gasteiger partial charge >= 0.3 is 5.97 Å². The fourth-order valence-electron chi connectivity index (χ4n) is 1.45. The Morgan fingerprint density at radius 2 is 1.90 bits per heavy atom. The number of carbonyl (C=O) groups is 2. The Balaban J connectivity index is 2.07. The standard InChI is InChI=1S/C14H18ClNO4/c1-19-14(18)8-9-16-13(17)3-2-10-20-12-6-4-11(15)5-7-12/h4-7H,2-3,8-10H2,1H3,(H,16,17). The summed E-state index contributed by atoms with van der Waals surface area (Å²) in [5.74, 6) is 0.283. The monoisotopic (exact) mass is 299 g/mol. The lowest BCUT2D eigenvalue weighted by molar-refractivity contribution is -0.140. The first-order valence-corrected chi connectivity index (χ1v) is 6.71. The van der Waals surface area contributed by atoms with Crippen LogP contribution in [0.2, 0.25) is 5.02 Å². The molecule has 0 aliphatic rings. The Kier molecular flexibility index (Phi) is 7.50. The van der Waals surface area contributed by atoms with Gasteiger partial charge in [-0.15, -0.1) is 0 Å². The molecule has 1 rings (SSSR count). The first-order chi connectivity index (χ1) is 9.61. The van der Waals surface area contributed by atoms with Crippen LogP contribution < -0.4 is 10.1 Å². The van der Waals surface area contributed by atoms with Crippen LogP contribution >= 0.6 is 11.6 Å². The zero-order chi connectivity index (χ0) is 14.8. The number of hydrogen-bond donors (Lipinski definition) is 1. The molecule has 0 unspecified atom stereocenters. The molecular formula is C14H18ClNO4. The molecule has 0 saturated heterocycles. The predicted molar refractivity (Wildman–Crippen MR) is 75.8 cm³/mol. The van der Waals surface area contributed by atoms with Crippen molar-refractivity contribution in [1.29, 1.82) is 0 Å². The molecule has 0 aliphatic heterocycles.